The van der Waals surface area contributed by atoms with Crippen molar-refractivity contribution in [2.24, 2.45) is 5.10 Å². The number of aryl methyl sites for hydroxylation is 2. The molecule has 0 radical (unpaired) electrons. The Balaban J connectivity index is 2.01. The lowest BCUT2D eigenvalue weighted by Gasteiger charge is -2.07. The Morgan fingerprint density at radius 2 is 2.04 bits per heavy atom. The average molecular weight is 373 g/mol. The number of nitro benzene ring substituents is 1. The second-order valence-electron chi connectivity index (χ2n) is 5.64. The number of nitro groups is 1. The van der Waals surface area contributed by atoms with Gasteiger partial charge in [-0.25, -0.2) is 5.43 Å². The van der Waals surface area contributed by atoms with Crippen LogP contribution in [0.5, 0.6) is 17.2 Å². The summed E-state index contributed by atoms with van der Waals surface area (Å²) in [6, 6.07) is 7.98. The number of amides is 1. The fraction of sp³-hybridized carbons (Fsp3) is 0.222. The Kier molecular flexibility index (Phi) is 6.32. The number of nitrogens with one attached hydrogen (secondary N) is 1. The minimum absolute atomic E-state index is 0.0602. The number of carbonyl (C=O) groups excluding carboxylic acids is 1. The standard InChI is InChI=1S/C18H19N3O6/c1-11-4-6-14(8-12(11)2)27-10-16(23)20-19-9-13-5-7-15(22)18(26-3)17(13)21(24)25/h4-9,22H,10H2,1-3H3,(H,20,23). The molecule has 0 heterocycles. The number of methoxy groups -OCH3 is 1. The highest BCUT2D eigenvalue weighted by atomic mass is 16.6. The molecule has 9 heteroatoms. The van der Waals surface area contributed by atoms with Gasteiger partial charge in [-0.05, 0) is 49.2 Å². The van der Waals surface area contributed by atoms with Crippen LogP contribution in [0, 0.1) is 24.0 Å². The van der Waals surface area contributed by atoms with E-state index in [4.69, 9.17) is 9.47 Å². The van der Waals surface area contributed by atoms with Crippen molar-refractivity contribution in [1.29, 1.82) is 0 Å². The van der Waals surface area contributed by atoms with E-state index < -0.39 is 16.5 Å². The molecule has 1 amide bonds. The van der Waals surface area contributed by atoms with E-state index in [1.54, 1.807) is 6.07 Å². The Morgan fingerprint density at radius 1 is 1.30 bits per heavy atom. The maximum absolute atomic E-state index is 11.8. The van der Waals surface area contributed by atoms with Crippen molar-refractivity contribution in [3.8, 4) is 17.2 Å². The summed E-state index contributed by atoms with van der Waals surface area (Å²) in [6.45, 7) is 3.64. The van der Waals surface area contributed by atoms with Crippen LogP contribution in [-0.4, -0.2) is 35.9 Å². The zero-order chi connectivity index (χ0) is 20.0. The van der Waals surface area contributed by atoms with Gasteiger partial charge < -0.3 is 14.6 Å². The maximum Gasteiger partial charge on any atom is 0.323 e. The number of nitrogens with zero attached hydrogens (tertiary/aromatic N) is 2. The lowest BCUT2D eigenvalue weighted by atomic mass is 10.1. The smallest absolute Gasteiger partial charge is 0.323 e. The molecule has 0 spiro atoms. The van der Waals surface area contributed by atoms with Crippen molar-refractivity contribution in [2.45, 2.75) is 13.8 Å². The van der Waals surface area contributed by atoms with Gasteiger partial charge in [0.15, 0.2) is 12.4 Å². The van der Waals surface area contributed by atoms with Crippen LogP contribution >= 0.6 is 0 Å². The summed E-state index contributed by atoms with van der Waals surface area (Å²) in [5.41, 5.74) is 3.98. The van der Waals surface area contributed by atoms with Crippen LogP contribution in [0.3, 0.4) is 0 Å². The van der Waals surface area contributed by atoms with Gasteiger partial charge in [0.1, 0.15) is 5.75 Å². The summed E-state index contributed by atoms with van der Waals surface area (Å²) in [6.07, 6.45) is 1.09. The van der Waals surface area contributed by atoms with Gasteiger partial charge >= 0.3 is 5.69 Å². The van der Waals surface area contributed by atoms with Crippen LogP contribution in [0.25, 0.3) is 0 Å². The van der Waals surface area contributed by atoms with Crippen molar-refractivity contribution in [3.63, 3.8) is 0 Å². The molecule has 0 bridgehead atoms. The first kappa shape index (κ1) is 19.7. The van der Waals surface area contributed by atoms with Gasteiger partial charge in [-0.1, -0.05) is 6.07 Å². The molecule has 0 aromatic heterocycles. The van der Waals surface area contributed by atoms with Crippen molar-refractivity contribution in [3.05, 3.63) is 57.1 Å². The van der Waals surface area contributed by atoms with E-state index >= 15 is 0 Å². The second-order valence-corrected chi connectivity index (χ2v) is 5.64. The van der Waals surface area contributed by atoms with Crippen molar-refractivity contribution in [2.75, 3.05) is 13.7 Å². The normalized spacial score (nSPS) is 10.6. The number of hydrazone groups is 1. The molecule has 0 unspecified atom stereocenters. The quantitative estimate of drug-likeness (QED) is 0.436. The fourth-order valence-corrected chi connectivity index (χ4v) is 2.23. The molecule has 9 nitrogen and oxygen atoms in total. The molecular formula is C18H19N3O6. The van der Waals surface area contributed by atoms with Gasteiger partial charge in [-0.3, -0.25) is 14.9 Å². The molecule has 0 aliphatic heterocycles. The third kappa shape index (κ3) is 4.94. The molecule has 0 atom stereocenters. The fourth-order valence-electron chi connectivity index (χ4n) is 2.23. The highest BCUT2D eigenvalue weighted by Gasteiger charge is 2.23. The van der Waals surface area contributed by atoms with Crippen molar-refractivity contribution < 1.29 is 24.3 Å². The van der Waals surface area contributed by atoms with E-state index in [0.717, 1.165) is 17.3 Å². The average Bonchev–Trinajstić information content (AvgIpc) is 2.63. The second kappa shape index (κ2) is 8.65. The lowest BCUT2D eigenvalue weighted by Crippen LogP contribution is -2.24. The molecule has 142 valence electrons. The van der Waals surface area contributed by atoms with E-state index in [1.807, 2.05) is 26.0 Å². The van der Waals surface area contributed by atoms with Gasteiger partial charge in [0.25, 0.3) is 5.91 Å². The Hall–Kier alpha value is -3.62. The number of hydrogen-bond acceptors (Lipinski definition) is 7. The van der Waals surface area contributed by atoms with E-state index in [1.165, 1.54) is 19.2 Å². The Morgan fingerprint density at radius 3 is 2.67 bits per heavy atom. The largest absolute Gasteiger partial charge is 0.504 e. The molecule has 2 aromatic rings. The number of hydrogen-bond donors (Lipinski definition) is 2. The number of rotatable bonds is 7. The first-order valence-electron chi connectivity index (χ1n) is 7.89. The lowest BCUT2D eigenvalue weighted by molar-refractivity contribution is -0.386. The molecule has 27 heavy (non-hydrogen) atoms. The summed E-state index contributed by atoms with van der Waals surface area (Å²) in [5, 5.41) is 24.5. The van der Waals surface area contributed by atoms with Gasteiger partial charge in [0.2, 0.25) is 5.75 Å². The van der Waals surface area contributed by atoms with Crippen molar-refractivity contribution >= 4 is 17.8 Å². The monoisotopic (exact) mass is 373 g/mol. The van der Waals surface area contributed by atoms with E-state index in [0.29, 0.717) is 5.75 Å². The molecule has 0 fully saturated rings. The summed E-state index contributed by atoms with van der Waals surface area (Å²) in [5.74, 6) is -0.630. The predicted molar refractivity (Wildman–Crippen MR) is 98.5 cm³/mol. The van der Waals surface area contributed by atoms with Crippen LogP contribution < -0.4 is 14.9 Å². The molecule has 2 aromatic carbocycles. The number of benzene rings is 2. The third-order valence-electron chi connectivity index (χ3n) is 3.77. The zero-order valence-corrected chi connectivity index (χ0v) is 15.1. The van der Waals surface area contributed by atoms with Gasteiger partial charge in [0, 0.05) is 0 Å². The SMILES string of the molecule is COc1c(O)ccc(C=NNC(=O)COc2ccc(C)c(C)c2)c1[N+](=O)[O-]. The topological polar surface area (TPSA) is 123 Å². The summed E-state index contributed by atoms with van der Waals surface area (Å²) in [7, 11) is 1.20. The molecule has 2 rings (SSSR count). The number of ether oxygens (including phenoxy) is 2. The number of phenols is 1. The van der Waals surface area contributed by atoms with Gasteiger partial charge in [0.05, 0.1) is 23.8 Å². The highest BCUT2D eigenvalue weighted by Crippen LogP contribution is 2.37. The summed E-state index contributed by atoms with van der Waals surface area (Å²) >= 11 is 0. The van der Waals surface area contributed by atoms with E-state index in [9.17, 15) is 20.0 Å². The van der Waals surface area contributed by atoms with Crippen LogP contribution in [0.1, 0.15) is 16.7 Å². The summed E-state index contributed by atoms with van der Waals surface area (Å²) in [4.78, 5) is 22.3. The summed E-state index contributed by atoms with van der Waals surface area (Å²) < 4.78 is 10.2. The van der Waals surface area contributed by atoms with E-state index in [2.05, 4.69) is 10.5 Å². The minimum atomic E-state index is -0.704. The highest BCUT2D eigenvalue weighted by molar-refractivity contribution is 5.89. The minimum Gasteiger partial charge on any atom is -0.504 e. The van der Waals surface area contributed by atoms with Crippen LogP contribution in [0.15, 0.2) is 35.4 Å². The third-order valence-corrected chi connectivity index (χ3v) is 3.77. The molecule has 0 aliphatic rings. The zero-order valence-electron chi connectivity index (χ0n) is 15.1. The molecule has 2 N–H and O–H groups in total. The molecular weight excluding hydrogens is 354 g/mol. The number of aromatic hydroxyl groups is 1. The Labute approximate surface area is 155 Å². The van der Waals surface area contributed by atoms with Gasteiger partial charge in [-0.2, -0.15) is 5.10 Å². The maximum atomic E-state index is 11.8. The Bertz CT molecular complexity index is 895. The first-order valence-corrected chi connectivity index (χ1v) is 7.89. The van der Waals surface area contributed by atoms with Crippen LogP contribution in [-0.2, 0) is 4.79 Å². The predicted octanol–water partition coefficient (Wildman–Crippen LogP) is 2.45. The van der Waals surface area contributed by atoms with Crippen LogP contribution in [0.2, 0.25) is 0 Å². The van der Waals surface area contributed by atoms with Gasteiger partial charge in [-0.15, -0.1) is 0 Å². The number of phenolic OH excluding ortho intramolecular Hbond substituents is 1. The van der Waals surface area contributed by atoms with E-state index in [-0.39, 0.29) is 23.7 Å². The first-order chi connectivity index (χ1) is 12.8. The van der Waals surface area contributed by atoms with Crippen LogP contribution in [0.4, 0.5) is 5.69 Å². The van der Waals surface area contributed by atoms with Crippen molar-refractivity contribution in [1.82, 2.24) is 5.43 Å². The molecule has 0 saturated carbocycles. The molecule has 0 aliphatic carbocycles. The number of carbonyl (C=O) groups is 1. The molecule has 0 saturated heterocycles.